The first kappa shape index (κ1) is 50.8. The van der Waals surface area contributed by atoms with Gasteiger partial charge in [-0.3, -0.25) is 0 Å². The maximum atomic E-state index is 10.4. The van der Waals surface area contributed by atoms with Gasteiger partial charge in [0.1, 0.15) is 0 Å². The molecule has 0 aromatic rings. The second-order valence-electron chi connectivity index (χ2n) is 13.1. The molecular formula is C36H74BaO6S2. The van der Waals surface area contributed by atoms with E-state index in [0.717, 1.165) is 25.7 Å². The third kappa shape index (κ3) is 55.1. The van der Waals surface area contributed by atoms with Gasteiger partial charge < -0.3 is 9.11 Å². The minimum atomic E-state index is -3.99. The first-order valence-electron chi connectivity index (χ1n) is 19.0. The van der Waals surface area contributed by atoms with Gasteiger partial charge in [0.15, 0.2) is 0 Å². The molecule has 9 heteroatoms. The van der Waals surface area contributed by atoms with Crippen LogP contribution in [0.3, 0.4) is 0 Å². The van der Waals surface area contributed by atoms with Crippen molar-refractivity contribution in [1.29, 1.82) is 0 Å². The molecule has 0 radical (unpaired) electrons. The van der Waals surface area contributed by atoms with E-state index >= 15 is 0 Å². The van der Waals surface area contributed by atoms with Gasteiger partial charge in [0.25, 0.3) is 0 Å². The molecule has 0 aliphatic heterocycles. The molecular weight excluding hydrogens is 730 g/mol. The van der Waals surface area contributed by atoms with Crippen LogP contribution in [0.5, 0.6) is 0 Å². The molecule has 0 bridgehead atoms. The van der Waals surface area contributed by atoms with Crippen LogP contribution in [0.4, 0.5) is 0 Å². The van der Waals surface area contributed by atoms with Crippen molar-refractivity contribution in [1.82, 2.24) is 0 Å². The summed E-state index contributed by atoms with van der Waals surface area (Å²) in [6, 6.07) is 0. The van der Waals surface area contributed by atoms with E-state index in [1.54, 1.807) is 0 Å². The third-order valence-corrected chi connectivity index (χ3v) is 10.1. The number of hydrogen-bond acceptors (Lipinski definition) is 6. The Morgan fingerprint density at radius 2 is 0.422 bits per heavy atom. The molecule has 0 aliphatic carbocycles. The van der Waals surface area contributed by atoms with E-state index in [4.69, 9.17) is 0 Å². The Bertz CT molecular complexity index is 696. The molecule has 0 saturated carbocycles. The first-order chi connectivity index (χ1) is 21.1. The zero-order valence-corrected chi connectivity index (χ0v) is 36.1. The Hall–Kier alpha value is 1.39. The zero-order chi connectivity index (χ0) is 33.0. The topological polar surface area (TPSA) is 114 Å². The molecule has 0 amide bonds. The Morgan fingerprint density at radius 3 is 0.556 bits per heavy atom. The fraction of sp³-hybridized carbons (Fsp3) is 1.00. The van der Waals surface area contributed by atoms with E-state index in [2.05, 4.69) is 13.8 Å². The minimum absolute atomic E-state index is 0. The van der Waals surface area contributed by atoms with Crippen molar-refractivity contribution in [3.05, 3.63) is 0 Å². The average Bonchev–Trinajstić information content (AvgIpc) is 2.96. The maximum Gasteiger partial charge on any atom is 2.00 e. The first-order valence-corrected chi connectivity index (χ1v) is 22.1. The largest absolute Gasteiger partial charge is 2.00 e. The van der Waals surface area contributed by atoms with E-state index in [9.17, 15) is 25.9 Å². The SMILES string of the molecule is CCCCCCCCCCCCCCCCCCS(=O)(=O)[O-].CCCCCCCCCCCCCCCCCCS(=O)(=O)[O-].[Ba+2]. The quantitative estimate of drug-likeness (QED) is 0.0363. The van der Waals surface area contributed by atoms with E-state index in [1.165, 1.54) is 167 Å². The summed E-state index contributed by atoms with van der Waals surface area (Å²) in [6.07, 6.45) is 40.1. The molecule has 0 aliphatic rings. The molecule has 0 aromatic carbocycles. The smallest absolute Gasteiger partial charge is 0.748 e. The molecule has 0 atom stereocenters. The summed E-state index contributed by atoms with van der Waals surface area (Å²) in [5.41, 5.74) is 0. The van der Waals surface area contributed by atoms with Gasteiger partial charge in [-0.1, -0.05) is 206 Å². The van der Waals surface area contributed by atoms with Crippen LogP contribution < -0.4 is 0 Å². The second-order valence-corrected chi connectivity index (χ2v) is 16.2. The molecule has 0 rings (SSSR count). The molecule has 0 heterocycles. The van der Waals surface area contributed by atoms with Gasteiger partial charge >= 0.3 is 48.9 Å². The predicted octanol–water partition coefficient (Wildman–Crippen LogP) is 11.2. The minimum Gasteiger partial charge on any atom is -0.748 e. The summed E-state index contributed by atoms with van der Waals surface area (Å²) in [6.45, 7) is 4.52. The van der Waals surface area contributed by atoms with Crippen molar-refractivity contribution in [3.8, 4) is 0 Å². The van der Waals surface area contributed by atoms with Gasteiger partial charge in [0, 0.05) is 11.5 Å². The fourth-order valence-electron chi connectivity index (χ4n) is 5.65. The molecule has 0 aromatic heterocycles. The van der Waals surface area contributed by atoms with Crippen molar-refractivity contribution in [2.24, 2.45) is 0 Å². The van der Waals surface area contributed by atoms with Gasteiger partial charge in [0.2, 0.25) is 0 Å². The fourth-order valence-corrected chi connectivity index (χ4v) is 6.77. The van der Waals surface area contributed by atoms with E-state index < -0.39 is 20.2 Å². The van der Waals surface area contributed by atoms with Gasteiger partial charge in [-0.2, -0.15) is 0 Å². The van der Waals surface area contributed by atoms with Crippen molar-refractivity contribution in [2.75, 3.05) is 11.5 Å². The molecule has 45 heavy (non-hydrogen) atoms. The monoisotopic (exact) mass is 804 g/mol. The molecule has 268 valence electrons. The Kier molecular flexibility index (Phi) is 44.9. The van der Waals surface area contributed by atoms with Gasteiger partial charge in [0.05, 0.1) is 20.2 Å². The van der Waals surface area contributed by atoms with Crippen LogP contribution in [0.2, 0.25) is 0 Å². The number of unbranched alkanes of at least 4 members (excludes halogenated alkanes) is 30. The Labute approximate surface area is 322 Å². The van der Waals surface area contributed by atoms with Crippen molar-refractivity contribution < 1.29 is 25.9 Å². The summed E-state index contributed by atoms with van der Waals surface area (Å²) >= 11 is 0. The summed E-state index contributed by atoms with van der Waals surface area (Å²) in [7, 11) is -7.99. The van der Waals surface area contributed by atoms with Crippen LogP contribution in [0.15, 0.2) is 0 Å². The van der Waals surface area contributed by atoms with Crippen molar-refractivity contribution in [3.63, 3.8) is 0 Å². The van der Waals surface area contributed by atoms with Crippen LogP contribution in [-0.4, -0.2) is 86.3 Å². The van der Waals surface area contributed by atoms with Crippen LogP contribution >= 0.6 is 0 Å². The van der Waals surface area contributed by atoms with Gasteiger partial charge in [-0.25, -0.2) is 16.8 Å². The van der Waals surface area contributed by atoms with Crippen molar-refractivity contribution >= 4 is 69.1 Å². The van der Waals surface area contributed by atoms with E-state index in [1.807, 2.05) is 0 Å². The average molecular weight is 804 g/mol. The maximum absolute atomic E-state index is 10.4. The van der Waals surface area contributed by atoms with E-state index in [0.29, 0.717) is 12.8 Å². The molecule has 6 nitrogen and oxygen atoms in total. The van der Waals surface area contributed by atoms with Crippen molar-refractivity contribution in [2.45, 2.75) is 219 Å². The Morgan fingerprint density at radius 1 is 0.289 bits per heavy atom. The summed E-state index contributed by atoms with van der Waals surface area (Å²) < 4.78 is 62.5. The van der Waals surface area contributed by atoms with Crippen LogP contribution in [0, 0.1) is 0 Å². The number of rotatable bonds is 34. The summed E-state index contributed by atoms with van der Waals surface area (Å²) in [5, 5.41) is 0. The predicted molar refractivity (Wildman–Crippen MR) is 194 cm³/mol. The molecule has 0 fully saturated rings. The van der Waals surface area contributed by atoms with Crippen LogP contribution in [-0.2, 0) is 20.2 Å². The normalized spacial score (nSPS) is 11.6. The van der Waals surface area contributed by atoms with Gasteiger partial charge in [-0.15, -0.1) is 0 Å². The standard InChI is InChI=1S/2C18H38O3S.Ba/c2*1-2-3-4-5-6-7-8-9-10-11-12-13-14-15-16-17-18-22(19,20)21;/h2*2-18H2,1H3,(H,19,20,21);/q;;+2/p-2. The number of hydrogen-bond donors (Lipinski definition) is 0. The summed E-state index contributed by atoms with van der Waals surface area (Å²) in [5.74, 6) is -0.378. The van der Waals surface area contributed by atoms with E-state index in [-0.39, 0.29) is 60.4 Å². The molecule has 0 unspecified atom stereocenters. The Balaban J connectivity index is -0.000000767. The molecule has 0 saturated heterocycles. The molecule has 0 spiro atoms. The second kappa shape index (κ2) is 39.8. The summed E-state index contributed by atoms with van der Waals surface area (Å²) in [4.78, 5) is 0. The van der Waals surface area contributed by atoms with Crippen LogP contribution in [0.25, 0.3) is 0 Å². The van der Waals surface area contributed by atoms with Crippen LogP contribution in [0.1, 0.15) is 219 Å². The zero-order valence-electron chi connectivity index (χ0n) is 30.0. The molecule has 0 N–H and O–H groups in total. The third-order valence-electron chi connectivity index (χ3n) is 8.50. The van der Waals surface area contributed by atoms with Gasteiger partial charge in [-0.05, 0) is 12.8 Å².